The molecule has 1 aromatic carbocycles. The second-order valence-corrected chi connectivity index (χ2v) is 4.02. The van der Waals surface area contributed by atoms with Crippen LogP contribution in [0.25, 0.3) is 0 Å². The Morgan fingerprint density at radius 2 is 1.62 bits per heavy atom. The molecule has 0 aromatic heterocycles. The molecule has 0 atom stereocenters. The first kappa shape index (κ1) is 13.0. The number of alkyl halides is 3. The van der Waals surface area contributed by atoms with Crippen LogP contribution < -0.4 is 5.90 Å². The molecule has 1 aromatic rings. The molecule has 0 radical (unpaired) electrons. The number of nitrogens with two attached hydrogens (primary N) is 1. The molecule has 2 N–H and O–H groups in total. The van der Waals surface area contributed by atoms with Crippen LogP contribution >= 0.6 is 34.8 Å². The Kier molecular flexibility index (Phi) is 8.61. The molecule has 74 valence electrons. The fourth-order valence-electron chi connectivity index (χ4n) is 0.670. The maximum Gasteiger partial charge on any atom is 0.180 e. The molecular weight excluding hydrogens is 232 g/mol. The van der Waals surface area contributed by atoms with Gasteiger partial charge in [-0.3, -0.25) is 4.84 Å². The second kappa shape index (κ2) is 8.60. The van der Waals surface area contributed by atoms with E-state index in [2.05, 4.69) is 4.84 Å². The third kappa shape index (κ3) is 9.93. The molecule has 0 fully saturated rings. The van der Waals surface area contributed by atoms with Crippen LogP contribution in [0.5, 0.6) is 0 Å². The molecule has 0 aliphatic rings. The average Bonchev–Trinajstić information content (AvgIpc) is 2.06. The van der Waals surface area contributed by atoms with Crippen molar-refractivity contribution in [2.45, 2.75) is 10.9 Å². The fourth-order valence-corrected chi connectivity index (χ4v) is 0.670. The van der Waals surface area contributed by atoms with Crippen LogP contribution in [0.15, 0.2) is 30.3 Å². The van der Waals surface area contributed by atoms with E-state index >= 15 is 0 Å². The SMILES string of the molecule is ClC(Cl)Cl.NOCc1ccccc1. The fraction of sp³-hybridized carbons (Fsp3) is 0.250. The van der Waals surface area contributed by atoms with Crippen LogP contribution in [0.4, 0.5) is 0 Å². The van der Waals surface area contributed by atoms with Crippen molar-refractivity contribution >= 4 is 34.8 Å². The predicted octanol–water partition coefficient (Wildman–Crippen LogP) is 3.06. The van der Waals surface area contributed by atoms with Gasteiger partial charge >= 0.3 is 0 Å². The van der Waals surface area contributed by atoms with Crippen LogP contribution in [0, 0.1) is 0 Å². The monoisotopic (exact) mass is 241 g/mol. The van der Waals surface area contributed by atoms with E-state index in [9.17, 15) is 0 Å². The molecule has 0 aliphatic heterocycles. The highest BCUT2D eigenvalue weighted by molar-refractivity contribution is 6.63. The molecule has 0 amide bonds. The van der Waals surface area contributed by atoms with Crippen molar-refractivity contribution in [3.8, 4) is 0 Å². The van der Waals surface area contributed by atoms with Crippen molar-refractivity contribution < 1.29 is 4.84 Å². The normalized spacial score (nSPS) is 9.31. The quantitative estimate of drug-likeness (QED) is 0.639. The molecule has 0 spiro atoms. The van der Waals surface area contributed by atoms with Gasteiger partial charge in [-0.05, 0) is 5.56 Å². The van der Waals surface area contributed by atoms with Crippen LogP contribution in [-0.4, -0.2) is 4.30 Å². The van der Waals surface area contributed by atoms with E-state index in [1.54, 1.807) is 0 Å². The molecule has 2 nitrogen and oxygen atoms in total. The third-order valence-electron chi connectivity index (χ3n) is 1.09. The minimum atomic E-state index is -0.750. The lowest BCUT2D eigenvalue weighted by molar-refractivity contribution is 0.124. The molecule has 0 heterocycles. The van der Waals surface area contributed by atoms with Crippen LogP contribution in [-0.2, 0) is 11.4 Å². The number of rotatable bonds is 2. The lowest BCUT2D eigenvalue weighted by Gasteiger charge is -1.94. The van der Waals surface area contributed by atoms with Gasteiger partial charge in [-0.2, -0.15) is 0 Å². The lowest BCUT2D eigenvalue weighted by atomic mass is 10.2. The Morgan fingerprint density at radius 3 is 2.00 bits per heavy atom. The Labute approximate surface area is 92.5 Å². The zero-order valence-electron chi connectivity index (χ0n) is 6.79. The molecular formula is C8H10Cl3NO. The summed E-state index contributed by atoms with van der Waals surface area (Å²) in [4.78, 5) is 4.43. The van der Waals surface area contributed by atoms with Gasteiger partial charge in [-0.1, -0.05) is 65.1 Å². The minimum Gasteiger partial charge on any atom is -0.300 e. The van der Waals surface area contributed by atoms with Gasteiger partial charge in [0, 0.05) is 0 Å². The standard InChI is InChI=1S/C7H9NO.CHCl3/c8-9-6-7-4-2-1-3-5-7;2-1(3)4/h1-5H,6,8H2;1H. The largest absolute Gasteiger partial charge is 0.300 e. The molecule has 0 aliphatic carbocycles. The zero-order chi connectivity index (χ0) is 10.1. The van der Waals surface area contributed by atoms with Gasteiger partial charge in [-0.25, -0.2) is 5.90 Å². The van der Waals surface area contributed by atoms with Crippen molar-refractivity contribution in [2.75, 3.05) is 0 Å². The first-order valence-electron chi connectivity index (χ1n) is 3.44. The van der Waals surface area contributed by atoms with Crippen LogP contribution in [0.1, 0.15) is 5.56 Å². The van der Waals surface area contributed by atoms with Gasteiger partial charge in [0.2, 0.25) is 0 Å². The van der Waals surface area contributed by atoms with Crippen molar-refractivity contribution in [2.24, 2.45) is 5.90 Å². The van der Waals surface area contributed by atoms with Crippen molar-refractivity contribution in [3.63, 3.8) is 0 Å². The van der Waals surface area contributed by atoms with E-state index in [0.717, 1.165) is 5.56 Å². The Morgan fingerprint density at radius 1 is 1.15 bits per heavy atom. The number of hydrogen-bond acceptors (Lipinski definition) is 2. The highest BCUT2D eigenvalue weighted by Gasteiger charge is 1.85. The summed E-state index contributed by atoms with van der Waals surface area (Å²) in [5.41, 5.74) is 1.10. The number of halogens is 3. The predicted molar refractivity (Wildman–Crippen MR) is 56.8 cm³/mol. The van der Waals surface area contributed by atoms with Gasteiger partial charge in [0.15, 0.2) is 4.30 Å². The minimum absolute atomic E-state index is 0.487. The van der Waals surface area contributed by atoms with E-state index in [-0.39, 0.29) is 0 Å². The van der Waals surface area contributed by atoms with E-state index in [1.807, 2.05) is 30.3 Å². The topological polar surface area (TPSA) is 35.2 Å². The Bertz CT molecular complexity index is 203. The highest BCUT2D eigenvalue weighted by Crippen LogP contribution is 2.03. The molecule has 0 bridgehead atoms. The van der Waals surface area contributed by atoms with Crippen molar-refractivity contribution in [1.29, 1.82) is 0 Å². The van der Waals surface area contributed by atoms with Gasteiger partial charge in [0.25, 0.3) is 0 Å². The smallest absolute Gasteiger partial charge is 0.180 e. The molecule has 0 saturated heterocycles. The maximum atomic E-state index is 4.86. The summed E-state index contributed by atoms with van der Waals surface area (Å²) in [6.45, 7) is 0.487. The number of benzene rings is 1. The maximum absolute atomic E-state index is 4.86. The molecule has 0 unspecified atom stereocenters. The van der Waals surface area contributed by atoms with Gasteiger partial charge < -0.3 is 0 Å². The number of hydrogen-bond donors (Lipinski definition) is 1. The summed E-state index contributed by atoms with van der Waals surface area (Å²) in [6.07, 6.45) is 0. The summed E-state index contributed by atoms with van der Waals surface area (Å²) in [5.74, 6) is 4.86. The first-order chi connectivity index (χ1) is 6.16. The summed E-state index contributed by atoms with van der Waals surface area (Å²) < 4.78 is -0.750. The average molecular weight is 243 g/mol. The Balaban J connectivity index is 0.000000310. The third-order valence-corrected chi connectivity index (χ3v) is 1.09. The van der Waals surface area contributed by atoms with E-state index in [4.69, 9.17) is 40.7 Å². The van der Waals surface area contributed by atoms with E-state index in [0.29, 0.717) is 6.61 Å². The summed E-state index contributed by atoms with van der Waals surface area (Å²) >= 11 is 14.4. The molecule has 13 heavy (non-hydrogen) atoms. The first-order valence-corrected chi connectivity index (χ1v) is 4.75. The van der Waals surface area contributed by atoms with Gasteiger partial charge in [0.05, 0.1) is 6.61 Å². The van der Waals surface area contributed by atoms with Crippen LogP contribution in [0.2, 0.25) is 0 Å². The van der Waals surface area contributed by atoms with E-state index < -0.39 is 4.30 Å². The zero-order valence-corrected chi connectivity index (χ0v) is 9.06. The summed E-state index contributed by atoms with van der Waals surface area (Å²) in [5, 5.41) is 0. The Hall–Kier alpha value is 0.01000. The van der Waals surface area contributed by atoms with Gasteiger partial charge in [0.1, 0.15) is 0 Å². The molecule has 5 heteroatoms. The van der Waals surface area contributed by atoms with Gasteiger partial charge in [-0.15, -0.1) is 0 Å². The molecule has 1 rings (SSSR count). The van der Waals surface area contributed by atoms with Crippen molar-refractivity contribution in [1.82, 2.24) is 0 Å². The van der Waals surface area contributed by atoms with Crippen molar-refractivity contribution in [3.05, 3.63) is 35.9 Å². The van der Waals surface area contributed by atoms with Crippen LogP contribution in [0.3, 0.4) is 0 Å². The summed E-state index contributed by atoms with van der Waals surface area (Å²) in [6, 6.07) is 9.79. The van der Waals surface area contributed by atoms with E-state index in [1.165, 1.54) is 0 Å². The highest BCUT2D eigenvalue weighted by atomic mass is 35.6. The lowest BCUT2D eigenvalue weighted by Crippen LogP contribution is -1.97. The molecule has 0 saturated carbocycles. The summed E-state index contributed by atoms with van der Waals surface area (Å²) in [7, 11) is 0. The second-order valence-electron chi connectivity index (χ2n) is 2.04.